The molecule has 0 aliphatic heterocycles. The third-order valence-electron chi connectivity index (χ3n) is 5.13. The van der Waals surface area contributed by atoms with Crippen LogP contribution in [0.2, 0.25) is 5.02 Å². The zero-order valence-corrected chi connectivity index (χ0v) is 17.9. The fourth-order valence-corrected chi connectivity index (χ4v) is 5.09. The average Bonchev–Trinajstić information content (AvgIpc) is 3.23. The number of ether oxygens (including phenoxy) is 1. The molecule has 5 aromatic rings. The van der Waals surface area contributed by atoms with Gasteiger partial charge in [0, 0.05) is 21.5 Å². The molecular weight excluding hydrogens is 410 g/mol. The zero-order chi connectivity index (χ0) is 20.5. The van der Waals surface area contributed by atoms with Gasteiger partial charge in [0.25, 0.3) is 0 Å². The van der Waals surface area contributed by atoms with Crippen LogP contribution >= 0.6 is 22.9 Å². The molecule has 0 fully saturated rings. The van der Waals surface area contributed by atoms with Gasteiger partial charge in [-0.2, -0.15) is 0 Å². The van der Waals surface area contributed by atoms with Crippen molar-refractivity contribution >= 4 is 50.0 Å². The Labute approximate surface area is 184 Å². The molecule has 0 spiro atoms. The molecule has 30 heavy (non-hydrogen) atoms. The molecule has 0 aliphatic rings. The Bertz CT molecular complexity index is 1390. The molecule has 4 heteroatoms. The van der Waals surface area contributed by atoms with E-state index in [9.17, 15) is 0 Å². The van der Waals surface area contributed by atoms with Gasteiger partial charge >= 0.3 is 0 Å². The van der Waals surface area contributed by atoms with E-state index in [2.05, 4.69) is 48.5 Å². The standard InChI is InChI=1S/C26H18ClNOS/c1-29-16-15-17-13-14-19-20(9-5-11-22(19)27)24(17)21-10-6-12-23-25(21)30-26(28-23)18-7-3-2-4-8-18/h2-16H,1H3/b16-15+. The molecule has 146 valence electrons. The molecule has 5 rings (SSSR count). The molecule has 2 nitrogen and oxygen atoms in total. The molecule has 0 amide bonds. The number of hydrogen-bond acceptors (Lipinski definition) is 3. The molecule has 1 heterocycles. The van der Waals surface area contributed by atoms with E-state index >= 15 is 0 Å². The SMILES string of the molecule is CO/C=C/c1ccc2c(Cl)cccc2c1-c1cccc2nc(-c3ccccc3)sc12. The van der Waals surface area contributed by atoms with E-state index in [0.717, 1.165) is 53.3 Å². The molecule has 0 radical (unpaired) electrons. The summed E-state index contributed by atoms with van der Waals surface area (Å²) in [6, 6.07) is 26.8. The van der Waals surface area contributed by atoms with Gasteiger partial charge in [0.1, 0.15) is 5.01 Å². The van der Waals surface area contributed by atoms with Crippen molar-refractivity contribution in [3.63, 3.8) is 0 Å². The van der Waals surface area contributed by atoms with Crippen LogP contribution in [0, 0.1) is 0 Å². The van der Waals surface area contributed by atoms with Gasteiger partial charge in [-0.05, 0) is 34.7 Å². The maximum absolute atomic E-state index is 6.52. The largest absolute Gasteiger partial charge is 0.504 e. The minimum absolute atomic E-state index is 0.748. The summed E-state index contributed by atoms with van der Waals surface area (Å²) >= 11 is 8.24. The minimum Gasteiger partial charge on any atom is -0.504 e. The van der Waals surface area contributed by atoms with Crippen molar-refractivity contribution in [2.75, 3.05) is 7.11 Å². The van der Waals surface area contributed by atoms with Gasteiger partial charge in [-0.25, -0.2) is 4.98 Å². The first kappa shape index (κ1) is 18.9. The summed E-state index contributed by atoms with van der Waals surface area (Å²) in [7, 11) is 1.66. The first-order valence-corrected chi connectivity index (χ1v) is 10.8. The molecule has 0 aliphatic carbocycles. The molecule has 0 bridgehead atoms. The third kappa shape index (κ3) is 3.26. The fraction of sp³-hybridized carbons (Fsp3) is 0.0385. The Morgan fingerprint density at radius 2 is 1.70 bits per heavy atom. The number of hydrogen-bond donors (Lipinski definition) is 0. The number of nitrogens with zero attached hydrogens (tertiary/aromatic N) is 1. The second kappa shape index (κ2) is 7.94. The highest BCUT2D eigenvalue weighted by Crippen LogP contribution is 2.42. The van der Waals surface area contributed by atoms with Crippen LogP contribution in [0.4, 0.5) is 0 Å². The topological polar surface area (TPSA) is 22.1 Å². The lowest BCUT2D eigenvalue weighted by atomic mass is 9.93. The number of fused-ring (bicyclic) bond motifs is 2. The monoisotopic (exact) mass is 427 g/mol. The summed E-state index contributed by atoms with van der Waals surface area (Å²) in [5.74, 6) is 0. The molecule has 1 aromatic heterocycles. The Balaban J connectivity index is 1.82. The van der Waals surface area contributed by atoms with E-state index in [1.807, 2.05) is 36.4 Å². The van der Waals surface area contributed by atoms with Crippen molar-refractivity contribution in [2.45, 2.75) is 0 Å². The number of methoxy groups -OCH3 is 1. The van der Waals surface area contributed by atoms with Crippen LogP contribution in [0.1, 0.15) is 5.56 Å². The van der Waals surface area contributed by atoms with Crippen molar-refractivity contribution in [3.05, 3.63) is 95.7 Å². The molecule has 0 N–H and O–H groups in total. The number of aromatic nitrogens is 1. The highest BCUT2D eigenvalue weighted by molar-refractivity contribution is 7.22. The summed E-state index contributed by atoms with van der Waals surface area (Å²) in [5, 5.41) is 3.92. The van der Waals surface area contributed by atoms with Gasteiger partial charge < -0.3 is 4.74 Å². The Kier molecular flexibility index (Phi) is 4.99. The van der Waals surface area contributed by atoms with E-state index < -0.39 is 0 Å². The molecule has 4 aromatic carbocycles. The van der Waals surface area contributed by atoms with Crippen molar-refractivity contribution in [1.82, 2.24) is 4.98 Å². The zero-order valence-electron chi connectivity index (χ0n) is 16.3. The normalized spacial score (nSPS) is 11.5. The molecule has 0 saturated carbocycles. The number of rotatable bonds is 4. The molecule has 0 atom stereocenters. The minimum atomic E-state index is 0.748. The number of benzene rings is 4. The third-order valence-corrected chi connectivity index (χ3v) is 6.61. The lowest BCUT2D eigenvalue weighted by molar-refractivity contribution is 0.341. The lowest BCUT2D eigenvalue weighted by Crippen LogP contribution is -1.88. The van der Waals surface area contributed by atoms with Crippen molar-refractivity contribution < 1.29 is 4.74 Å². The van der Waals surface area contributed by atoms with Crippen molar-refractivity contribution in [3.8, 4) is 21.7 Å². The highest BCUT2D eigenvalue weighted by Gasteiger charge is 2.16. The second-order valence-corrected chi connectivity index (χ2v) is 8.35. The summed E-state index contributed by atoms with van der Waals surface area (Å²) in [6.45, 7) is 0. The summed E-state index contributed by atoms with van der Waals surface area (Å²) < 4.78 is 6.37. The average molecular weight is 428 g/mol. The molecular formula is C26H18ClNOS. The van der Waals surface area contributed by atoms with E-state index in [-0.39, 0.29) is 0 Å². The van der Waals surface area contributed by atoms with Gasteiger partial charge in [0.2, 0.25) is 0 Å². The second-order valence-electron chi connectivity index (χ2n) is 6.94. The van der Waals surface area contributed by atoms with E-state index in [1.165, 1.54) is 0 Å². The van der Waals surface area contributed by atoms with Gasteiger partial charge in [-0.15, -0.1) is 11.3 Å². The van der Waals surface area contributed by atoms with Crippen LogP contribution in [0.15, 0.2) is 85.1 Å². The first-order chi connectivity index (χ1) is 14.8. The smallest absolute Gasteiger partial charge is 0.124 e. The van der Waals surface area contributed by atoms with Crippen LogP contribution in [-0.2, 0) is 4.74 Å². The van der Waals surface area contributed by atoms with Gasteiger partial charge in [0.05, 0.1) is 23.6 Å². The van der Waals surface area contributed by atoms with E-state index in [1.54, 1.807) is 24.7 Å². The highest BCUT2D eigenvalue weighted by atomic mass is 35.5. The van der Waals surface area contributed by atoms with Gasteiger partial charge in [0.15, 0.2) is 0 Å². The van der Waals surface area contributed by atoms with E-state index in [0.29, 0.717) is 0 Å². The summed E-state index contributed by atoms with van der Waals surface area (Å²) in [6.07, 6.45) is 3.70. The fourth-order valence-electron chi connectivity index (χ4n) is 3.77. The van der Waals surface area contributed by atoms with Crippen LogP contribution in [0.3, 0.4) is 0 Å². The summed E-state index contributed by atoms with van der Waals surface area (Å²) in [5.41, 5.74) is 5.49. The Hall–Kier alpha value is -3.14. The predicted molar refractivity (Wildman–Crippen MR) is 129 cm³/mol. The molecule has 0 unspecified atom stereocenters. The maximum Gasteiger partial charge on any atom is 0.124 e. The van der Waals surface area contributed by atoms with Gasteiger partial charge in [-0.3, -0.25) is 0 Å². The Morgan fingerprint density at radius 1 is 0.867 bits per heavy atom. The van der Waals surface area contributed by atoms with Crippen LogP contribution in [0.25, 0.3) is 48.8 Å². The Morgan fingerprint density at radius 3 is 2.53 bits per heavy atom. The van der Waals surface area contributed by atoms with Crippen molar-refractivity contribution in [2.24, 2.45) is 0 Å². The lowest BCUT2D eigenvalue weighted by Gasteiger charge is -2.13. The molecule has 0 saturated heterocycles. The first-order valence-electron chi connectivity index (χ1n) is 9.62. The predicted octanol–water partition coefficient (Wildman–Crippen LogP) is 8.05. The number of halogens is 1. The maximum atomic E-state index is 6.52. The van der Waals surface area contributed by atoms with Crippen LogP contribution in [-0.4, -0.2) is 12.1 Å². The summed E-state index contributed by atoms with van der Waals surface area (Å²) in [4.78, 5) is 4.91. The van der Waals surface area contributed by atoms with Gasteiger partial charge in [-0.1, -0.05) is 78.3 Å². The number of thiazole rings is 1. The van der Waals surface area contributed by atoms with Crippen LogP contribution < -0.4 is 0 Å². The quantitative estimate of drug-likeness (QED) is 0.270. The van der Waals surface area contributed by atoms with Crippen molar-refractivity contribution in [1.29, 1.82) is 0 Å². The van der Waals surface area contributed by atoms with Crippen LogP contribution in [0.5, 0.6) is 0 Å². The van der Waals surface area contributed by atoms with E-state index in [4.69, 9.17) is 21.3 Å².